The molecule has 0 atom stereocenters. The molecule has 2 aromatic rings. The van der Waals surface area contributed by atoms with Gasteiger partial charge in [0.15, 0.2) is 5.75 Å². The smallest absolute Gasteiger partial charge is 0.157 e. The normalized spacial score (nSPS) is 10.7. The van der Waals surface area contributed by atoms with Crippen LogP contribution >= 0.6 is 23.6 Å². The third-order valence-corrected chi connectivity index (χ3v) is 2.70. The van der Waals surface area contributed by atoms with E-state index >= 15 is 0 Å². The molecular formula is C9H6ClNO2S. The Bertz CT molecular complexity index is 489. The summed E-state index contributed by atoms with van der Waals surface area (Å²) < 4.78 is 8.87. The van der Waals surface area contributed by atoms with Gasteiger partial charge in [0, 0.05) is 23.6 Å². The Morgan fingerprint density at radius 2 is 2.21 bits per heavy atom. The molecule has 2 N–H and O–H groups in total. The van der Waals surface area contributed by atoms with Crippen LogP contribution in [0.3, 0.4) is 0 Å². The van der Waals surface area contributed by atoms with Crippen molar-refractivity contribution in [3.05, 3.63) is 29.4 Å². The van der Waals surface area contributed by atoms with E-state index in [1.807, 2.05) is 0 Å². The minimum Gasteiger partial charge on any atom is -0.504 e. The van der Waals surface area contributed by atoms with Crippen LogP contribution in [-0.4, -0.2) is 14.6 Å². The zero-order valence-electron chi connectivity index (χ0n) is 6.94. The van der Waals surface area contributed by atoms with Crippen molar-refractivity contribution in [3.8, 4) is 5.75 Å². The third kappa shape index (κ3) is 1.41. The SMILES string of the molecule is OSc1cc(Cl)c2cccnc2c1O. The molecule has 0 spiro atoms. The van der Waals surface area contributed by atoms with Gasteiger partial charge in [-0.25, -0.2) is 0 Å². The van der Waals surface area contributed by atoms with Crippen molar-refractivity contribution in [2.24, 2.45) is 0 Å². The van der Waals surface area contributed by atoms with Crippen LogP contribution in [-0.2, 0) is 0 Å². The molecule has 72 valence electrons. The lowest BCUT2D eigenvalue weighted by Crippen LogP contribution is -1.82. The molecule has 1 aromatic carbocycles. The highest BCUT2D eigenvalue weighted by atomic mass is 35.5. The molecule has 3 nitrogen and oxygen atoms in total. The number of hydrogen-bond donors (Lipinski definition) is 2. The molecule has 0 unspecified atom stereocenters. The van der Waals surface area contributed by atoms with Crippen molar-refractivity contribution >= 4 is 34.5 Å². The van der Waals surface area contributed by atoms with Crippen molar-refractivity contribution in [1.29, 1.82) is 0 Å². The van der Waals surface area contributed by atoms with Gasteiger partial charge in [-0.15, -0.1) is 0 Å². The summed E-state index contributed by atoms with van der Waals surface area (Å²) in [5.74, 6) is -0.0440. The van der Waals surface area contributed by atoms with Gasteiger partial charge in [0.25, 0.3) is 0 Å². The fraction of sp³-hybridized carbons (Fsp3) is 0. The molecule has 1 aromatic heterocycles. The lowest BCUT2D eigenvalue weighted by atomic mass is 10.2. The van der Waals surface area contributed by atoms with Gasteiger partial charge in [0.1, 0.15) is 5.52 Å². The van der Waals surface area contributed by atoms with Crippen LogP contribution in [0.25, 0.3) is 10.9 Å². The van der Waals surface area contributed by atoms with Gasteiger partial charge < -0.3 is 9.66 Å². The van der Waals surface area contributed by atoms with E-state index in [1.165, 1.54) is 6.07 Å². The minimum atomic E-state index is -0.0440. The lowest BCUT2D eigenvalue weighted by Gasteiger charge is -2.05. The van der Waals surface area contributed by atoms with Crippen LogP contribution in [0.2, 0.25) is 5.02 Å². The number of fused-ring (bicyclic) bond motifs is 1. The Hall–Kier alpha value is -0.970. The molecule has 0 amide bonds. The standard InChI is InChI=1S/C9H6ClNO2S/c10-6-4-7(14-13)9(12)8-5(6)2-1-3-11-8/h1-4,12-13H. The van der Waals surface area contributed by atoms with Crippen molar-refractivity contribution in [3.63, 3.8) is 0 Å². The first-order chi connectivity index (χ1) is 6.74. The van der Waals surface area contributed by atoms with Gasteiger partial charge >= 0.3 is 0 Å². The maximum absolute atomic E-state index is 9.67. The minimum absolute atomic E-state index is 0.0440. The van der Waals surface area contributed by atoms with E-state index in [4.69, 9.17) is 16.2 Å². The number of phenols is 1. The number of hydrogen-bond acceptors (Lipinski definition) is 4. The summed E-state index contributed by atoms with van der Waals surface area (Å²) in [7, 11) is 0. The second-order valence-corrected chi connectivity index (χ2v) is 3.73. The Morgan fingerprint density at radius 3 is 2.93 bits per heavy atom. The van der Waals surface area contributed by atoms with Gasteiger partial charge in [0.2, 0.25) is 0 Å². The molecule has 5 heteroatoms. The molecule has 0 radical (unpaired) electrons. The number of rotatable bonds is 1. The molecule has 1 heterocycles. The quantitative estimate of drug-likeness (QED) is 0.735. The van der Waals surface area contributed by atoms with E-state index in [2.05, 4.69) is 4.98 Å². The molecule has 0 saturated carbocycles. The Kier molecular flexibility index (Phi) is 2.50. The second-order valence-electron chi connectivity index (χ2n) is 2.70. The van der Waals surface area contributed by atoms with E-state index in [9.17, 15) is 5.11 Å². The molecule has 0 bridgehead atoms. The average molecular weight is 228 g/mol. The maximum atomic E-state index is 9.67. The van der Waals surface area contributed by atoms with Crippen LogP contribution < -0.4 is 0 Å². The van der Waals surface area contributed by atoms with Crippen molar-refractivity contribution in [1.82, 2.24) is 4.98 Å². The van der Waals surface area contributed by atoms with E-state index < -0.39 is 0 Å². The van der Waals surface area contributed by atoms with Gasteiger partial charge in [-0.05, 0) is 18.2 Å². The number of pyridine rings is 1. The van der Waals surface area contributed by atoms with Crippen LogP contribution in [0.4, 0.5) is 0 Å². The Labute approximate surface area is 89.6 Å². The van der Waals surface area contributed by atoms with Gasteiger partial charge in [-0.2, -0.15) is 0 Å². The summed E-state index contributed by atoms with van der Waals surface area (Å²) in [6.07, 6.45) is 1.56. The number of aromatic hydroxyl groups is 1. The molecule has 0 aliphatic rings. The number of aromatic nitrogens is 1. The van der Waals surface area contributed by atoms with E-state index in [0.717, 1.165) is 0 Å². The zero-order chi connectivity index (χ0) is 10.1. The molecule has 0 fully saturated rings. The molecule has 0 aliphatic carbocycles. The largest absolute Gasteiger partial charge is 0.504 e. The monoisotopic (exact) mass is 227 g/mol. The lowest BCUT2D eigenvalue weighted by molar-refractivity contribution is 0.466. The van der Waals surface area contributed by atoms with E-state index in [-0.39, 0.29) is 5.75 Å². The van der Waals surface area contributed by atoms with E-state index in [0.29, 0.717) is 32.9 Å². The summed E-state index contributed by atoms with van der Waals surface area (Å²) in [5.41, 5.74) is 0.400. The van der Waals surface area contributed by atoms with Crippen LogP contribution in [0.15, 0.2) is 29.3 Å². The number of benzene rings is 1. The summed E-state index contributed by atoms with van der Waals surface area (Å²) in [6.45, 7) is 0. The van der Waals surface area contributed by atoms with Crippen LogP contribution in [0.5, 0.6) is 5.75 Å². The summed E-state index contributed by atoms with van der Waals surface area (Å²) in [6, 6.07) is 5.00. The predicted molar refractivity (Wildman–Crippen MR) is 56.9 cm³/mol. The second kappa shape index (κ2) is 3.65. The highest BCUT2D eigenvalue weighted by Crippen LogP contribution is 2.37. The highest BCUT2D eigenvalue weighted by Gasteiger charge is 2.10. The topological polar surface area (TPSA) is 53.4 Å². The number of phenolic OH excluding ortho intramolecular Hbond substituents is 1. The first kappa shape index (κ1) is 9.58. The maximum Gasteiger partial charge on any atom is 0.157 e. The summed E-state index contributed by atoms with van der Waals surface area (Å²) >= 11 is 6.39. The molecule has 0 saturated heterocycles. The van der Waals surface area contributed by atoms with Crippen molar-refractivity contribution in [2.45, 2.75) is 4.90 Å². The first-order valence-corrected chi connectivity index (χ1v) is 4.97. The van der Waals surface area contributed by atoms with Gasteiger partial charge in [-0.3, -0.25) is 4.98 Å². The summed E-state index contributed by atoms with van der Waals surface area (Å²) in [4.78, 5) is 4.30. The Morgan fingerprint density at radius 1 is 1.43 bits per heavy atom. The fourth-order valence-electron chi connectivity index (χ4n) is 1.23. The highest BCUT2D eigenvalue weighted by molar-refractivity contribution is 7.93. The number of halogens is 1. The number of nitrogens with zero attached hydrogens (tertiary/aromatic N) is 1. The van der Waals surface area contributed by atoms with E-state index in [1.54, 1.807) is 18.3 Å². The van der Waals surface area contributed by atoms with Crippen LogP contribution in [0.1, 0.15) is 0 Å². The van der Waals surface area contributed by atoms with Gasteiger partial charge in [-0.1, -0.05) is 11.6 Å². The third-order valence-electron chi connectivity index (χ3n) is 1.88. The fourth-order valence-corrected chi connectivity index (χ4v) is 1.91. The molecule has 14 heavy (non-hydrogen) atoms. The van der Waals surface area contributed by atoms with Crippen molar-refractivity contribution in [2.75, 3.05) is 0 Å². The first-order valence-electron chi connectivity index (χ1n) is 3.81. The average Bonchev–Trinajstić information content (AvgIpc) is 2.23. The van der Waals surface area contributed by atoms with Crippen LogP contribution in [0, 0.1) is 0 Å². The summed E-state index contributed by atoms with van der Waals surface area (Å²) in [5, 5.41) is 10.8. The Balaban J connectivity index is 2.87. The van der Waals surface area contributed by atoms with Crippen molar-refractivity contribution < 1.29 is 9.66 Å². The molecule has 0 aliphatic heterocycles. The zero-order valence-corrected chi connectivity index (χ0v) is 8.51. The predicted octanol–water partition coefficient (Wildman–Crippen LogP) is 3.16. The van der Waals surface area contributed by atoms with Gasteiger partial charge in [0.05, 0.1) is 9.92 Å². The molecular weight excluding hydrogens is 222 g/mol. The molecule has 2 rings (SSSR count).